The van der Waals surface area contributed by atoms with Crippen molar-refractivity contribution in [2.45, 2.75) is 32.7 Å². The van der Waals surface area contributed by atoms with Crippen molar-refractivity contribution in [3.05, 3.63) is 18.2 Å². The number of aliphatic carboxylic acids is 1. The summed E-state index contributed by atoms with van der Waals surface area (Å²) in [5.41, 5.74) is 2.65. The van der Waals surface area contributed by atoms with Gasteiger partial charge in [0.1, 0.15) is 5.52 Å². The fourth-order valence-electron chi connectivity index (χ4n) is 2.33. The fraction of sp³-hybridized carbons (Fsp3) is 0.467. The quantitative estimate of drug-likeness (QED) is 0.750. The van der Waals surface area contributed by atoms with E-state index in [1.807, 2.05) is 30.0 Å². The van der Waals surface area contributed by atoms with Crippen LogP contribution in [0.1, 0.15) is 26.2 Å². The molecule has 0 atom stereocenters. The Bertz CT molecular complexity index is 689. The summed E-state index contributed by atoms with van der Waals surface area (Å²) in [6, 6.07) is 7.94. The van der Waals surface area contributed by atoms with Gasteiger partial charge in [0, 0.05) is 31.7 Å². The third-order valence-electron chi connectivity index (χ3n) is 3.50. The number of aryl methyl sites for hydroxylation is 1. The Morgan fingerprint density at radius 2 is 2.32 bits per heavy atom. The molecule has 0 aliphatic rings. The highest BCUT2D eigenvalue weighted by Gasteiger charge is 2.10. The van der Waals surface area contributed by atoms with E-state index in [4.69, 9.17) is 10.4 Å². The Morgan fingerprint density at radius 3 is 3.00 bits per heavy atom. The minimum Gasteiger partial charge on any atom is -0.481 e. The van der Waals surface area contributed by atoms with Gasteiger partial charge in [-0.1, -0.05) is 5.21 Å². The van der Waals surface area contributed by atoms with E-state index in [0.29, 0.717) is 19.5 Å². The Kier molecular flexibility index (Phi) is 5.31. The van der Waals surface area contributed by atoms with Crippen molar-refractivity contribution in [1.82, 2.24) is 15.0 Å². The van der Waals surface area contributed by atoms with Gasteiger partial charge in [0.05, 0.1) is 18.0 Å². The molecule has 1 heterocycles. The maximum absolute atomic E-state index is 10.7. The van der Waals surface area contributed by atoms with Crippen LogP contribution in [-0.2, 0) is 11.3 Å². The van der Waals surface area contributed by atoms with E-state index in [2.05, 4.69) is 16.4 Å². The summed E-state index contributed by atoms with van der Waals surface area (Å²) < 4.78 is 1.80. The van der Waals surface area contributed by atoms with Gasteiger partial charge >= 0.3 is 5.97 Å². The predicted molar refractivity (Wildman–Crippen MR) is 82.5 cm³/mol. The predicted octanol–water partition coefficient (Wildman–Crippen LogP) is 2.04. The second-order valence-electron chi connectivity index (χ2n) is 4.97. The third kappa shape index (κ3) is 3.73. The molecule has 1 aromatic heterocycles. The Hall–Kier alpha value is -2.62. The molecule has 1 N–H and O–H groups in total. The number of anilines is 1. The van der Waals surface area contributed by atoms with Crippen LogP contribution in [0, 0.1) is 11.3 Å². The number of nitriles is 1. The Morgan fingerprint density at radius 1 is 1.50 bits per heavy atom. The van der Waals surface area contributed by atoms with Crippen molar-refractivity contribution < 1.29 is 9.90 Å². The lowest BCUT2D eigenvalue weighted by molar-refractivity contribution is -0.136. The lowest BCUT2D eigenvalue weighted by atomic mass is 10.2. The molecule has 0 aliphatic carbocycles. The van der Waals surface area contributed by atoms with Gasteiger partial charge in [0.15, 0.2) is 0 Å². The Labute approximate surface area is 128 Å². The smallest absolute Gasteiger partial charge is 0.305 e. The van der Waals surface area contributed by atoms with Gasteiger partial charge in [0.2, 0.25) is 0 Å². The molecule has 0 amide bonds. The van der Waals surface area contributed by atoms with E-state index in [9.17, 15) is 4.79 Å². The first kappa shape index (κ1) is 15.8. The number of hydrogen-bond donors (Lipinski definition) is 1. The molecule has 0 radical (unpaired) electrons. The average molecular weight is 301 g/mol. The molecule has 2 rings (SSSR count). The molecule has 0 fully saturated rings. The zero-order valence-electron chi connectivity index (χ0n) is 12.6. The molecule has 1 aromatic carbocycles. The zero-order chi connectivity index (χ0) is 15.9. The van der Waals surface area contributed by atoms with Crippen molar-refractivity contribution >= 4 is 22.7 Å². The summed E-state index contributed by atoms with van der Waals surface area (Å²) in [6.45, 7) is 3.85. The molecule has 0 bridgehead atoms. The molecule has 0 unspecified atom stereocenters. The normalized spacial score (nSPS) is 10.5. The number of hydrogen-bond acceptors (Lipinski definition) is 5. The molecule has 7 nitrogen and oxygen atoms in total. The minimum atomic E-state index is -0.803. The monoisotopic (exact) mass is 301 g/mol. The molecule has 116 valence electrons. The lowest BCUT2D eigenvalue weighted by Crippen LogP contribution is -2.25. The number of carboxylic acids is 1. The first-order valence-electron chi connectivity index (χ1n) is 7.32. The fourth-order valence-corrected chi connectivity index (χ4v) is 2.33. The number of carboxylic acid groups (broad SMARTS) is 1. The van der Waals surface area contributed by atoms with Crippen molar-refractivity contribution in [3.8, 4) is 6.07 Å². The number of unbranched alkanes of at least 4 members (excludes halogenated alkanes) is 1. The van der Waals surface area contributed by atoms with Crippen LogP contribution in [-0.4, -0.2) is 39.2 Å². The van der Waals surface area contributed by atoms with Crippen molar-refractivity contribution in [2.24, 2.45) is 0 Å². The second-order valence-corrected chi connectivity index (χ2v) is 4.97. The molecule has 22 heavy (non-hydrogen) atoms. The van der Waals surface area contributed by atoms with Gasteiger partial charge in [-0.2, -0.15) is 5.26 Å². The van der Waals surface area contributed by atoms with E-state index < -0.39 is 5.97 Å². The van der Waals surface area contributed by atoms with E-state index >= 15 is 0 Å². The lowest BCUT2D eigenvalue weighted by Gasteiger charge is -2.22. The van der Waals surface area contributed by atoms with Crippen LogP contribution < -0.4 is 4.90 Å². The zero-order valence-corrected chi connectivity index (χ0v) is 12.6. The van der Waals surface area contributed by atoms with E-state index in [0.717, 1.165) is 29.7 Å². The van der Waals surface area contributed by atoms with Gasteiger partial charge in [-0.25, -0.2) is 4.68 Å². The number of carbonyl (C=O) groups is 1. The van der Waals surface area contributed by atoms with Crippen molar-refractivity contribution in [3.63, 3.8) is 0 Å². The molecule has 0 saturated carbocycles. The number of benzene rings is 1. The highest BCUT2D eigenvalue weighted by Crippen LogP contribution is 2.21. The summed E-state index contributed by atoms with van der Waals surface area (Å²) in [4.78, 5) is 12.7. The summed E-state index contributed by atoms with van der Waals surface area (Å²) in [7, 11) is 0. The molecule has 0 saturated heterocycles. The van der Waals surface area contributed by atoms with E-state index in [1.165, 1.54) is 0 Å². The van der Waals surface area contributed by atoms with E-state index in [1.54, 1.807) is 4.68 Å². The van der Waals surface area contributed by atoms with E-state index in [-0.39, 0.29) is 6.42 Å². The van der Waals surface area contributed by atoms with Gasteiger partial charge in [0.25, 0.3) is 0 Å². The highest BCUT2D eigenvalue weighted by atomic mass is 16.4. The summed E-state index contributed by atoms with van der Waals surface area (Å²) in [6.07, 6.45) is 1.35. The van der Waals surface area contributed by atoms with Crippen LogP contribution in [0.25, 0.3) is 11.0 Å². The van der Waals surface area contributed by atoms with Crippen LogP contribution in [0.15, 0.2) is 18.2 Å². The molecule has 7 heteroatoms. The minimum absolute atomic E-state index is 0.104. The molecular weight excluding hydrogens is 282 g/mol. The number of rotatable bonds is 8. The maximum Gasteiger partial charge on any atom is 0.305 e. The topological polar surface area (TPSA) is 95.0 Å². The number of aromatic nitrogens is 3. The Balaban J connectivity index is 2.16. The maximum atomic E-state index is 10.7. The van der Waals surface area contributed by atoms with Gasteiger partial charge in [-0.15, -0.1) is 5.10 Å². The third-order valence-corrected chi connectivity index (χ3v) is 3.50. The van der Waals surface area contributed by atoms with Crippen LogP contribution in [0.5, 0.6) is 0 Å². The first-order valence-corrected chi connectivity index (χ1v) is 7.32. The van der Waals surface area contributed by atoms with Crippen LogP contribution in [0.2, 0.25) is 0 Å². The number of nitrogens with zero attached hydrogens (tertiary/aromatic N) is 5. The SMILES string of the molecule is CCN(CCC(=O)O)c1ccc2c(c1)nnn2CCCC#N. The molecule has 0 spiro atoms. The van der Waals surface area contributed by atoms with Gasteiger partial charge < -0.3 is 10.0 Å². The van der Waals surface area contributed by atoms with Gasteiger partial charge in [-0.05, 0) is 31.5 Å². The number of fused-ring (bicyclic) bond motifs is 1. The van der Waals surface area contributed by atoms with Crippen LogP contribution in [0.3, 0.4) is 0 Å². The first-order chi connectivity index (χ1) is 10.7. The second kappa shape index (κ2) is 7.41. The standard InChI is InChI=1S/C15H19N5O2/c1-2-19(10-7-15(21)22)12-5-6-14-13(11-12)17-18-20(14)9-4-3-8-16/h5-6,11H,2-4,7,9-10H2,1H3,(H,21,22). The summed E-state index contributed by atoms with van der Waals surface area (Å²) in [5, 5.41) is 25.7. The van der Waals surface area contributed by atoms with Crippen molar-refractivity contribution in [1.29, 1.82) is 5.26 Å². The van der Waals surface area contributed by atoms with Crippen molar-refractivity contribution in [2.75, 3.05) is 18.0 Å². The highest BCUT2D eigenvalue weighted by molar-refractivity contribution is 5.79. The largest absolute Gasteiger partial charge is 0.481 e. The van der Waals surface area contributed by atoms with Gasteiger partial charge in [-0.3, -0.25) is 4.79 Å². The molecular formula is C15H19N5O2. The molecule has 0 aliphatic heterocycles. The average Bonchev–Trinajstić information content (AvgIpc) is 2.90. The van der Waals surface area contributed by atoms with Crippen LogP contribution in [0.4, 0.5) is 5.69 Å². The molecule has 2 aromatic rings. The van der Waals surface area contributed by atoms with Crippen LogP contribution >= 0.6 is 0 Å². The summed E-state index contributed by atoms with van der Waals surface area (Å²) >= 11 is 0. The summed E-state index contributed by atoms with van der Waals surface area (Å²) in [5.74, 6) is -0.803.